The van der Waals surface area contributed by atoms with Crippen molar-refractivity contribution in [1.82, 2.24) is 15.0 Å². The first-order chi connectivity index (χ1) is 14.5. The van der Waals surface area contributed by atoms with E-state index in [2.05, 4.69) is 30.8 Å². The van der Waals surface area contributed by atoms with Gasteiger partial charge in [0.1, 0.15) is 5.82 Å². The van der Waals surface area contributed by atoms with Gasteiger partial charge in [-0.15, -0.1) is 12.4 Å². The molecule has 0 atom stereocenters. The first-order valence-corrected chi connectivity index (χ1v) is 8.95. The van der Waals surface area contributed by atoms with Crippen LogP contribution in [-0.4, -0.2) is 49.5 Å². The molecular formula is C20H23ClFN7O2. The molecule has 0 aliphatic heterocycles. The highest BCUT2D eigenvalue weighted by Gasteiger charge is 2.09. The summed E-state index contributed by atoms with van der Waals surface area (Å²) in [5.41, 5.74) is 4.24. The van der Waals surface area contributed by atoms with Gasteiger partial charge < -0.3 is 19.7 Å². The van der Waals surface area contributed by atoms with E-state index in [4.69, 9.17) is 9.47 Å². The Kier molecular flexibility index (Phi) is 8.33. The van der Waals surface area contributed by atoms with Crippen molar-refractivity contribution in [3.8, 4) is 11.5 Å². The molecule has 2 aromatic carbocycles. The molecule has 0 radical (unpaired) electrons. The summed E-state index contributed by atoms with van der Waals surface area (Å²) in [5, 5.41) is 7.21. The van der Waals surface area contributed by atoms with Crippen LogP contribution in [-0.2, 0) is 0 Å². The molecule has 9 nitrogen and oxygen atoms in total. The summed E-state index contributed by atoms with van der Waals surface area (Å²) in [4.78, 5) is 14.7. The van der Waals surface area contributed by atoms with Gasteiger partial charge in [0.05, 0.1) is 20.4 Å². The van der Waals surface area contributed by atoms with E-state index in [1.807, 2.05) is 20.2 Å². The lowest BCUT2D eigenvalue weighted by atomic mass is 10.2. The minimum absolute atomic E-state index is 0. The van der Waals surface area contributed by atoms with Crippen LogP contribution in [0.5, 0.6) is 11.5 Å². The highest BCUT2D eigenvalue weighted by Crippen LogP contribution is 2.27. The van der Waals surface area contributed by atoms with Crippen LogP contribution in [0.4, 0.5) is 27.9 Å². The number of halogens is 2. The molecule has 0 aliphatic rings. The lowest BCUT2D eigenvalue weighted by Crippen LogP contribution is -2.15. The van der Waals surface area contributed by atoms with Gasteiger partial charge in [0, 0.05) is 19.8 Å². The van der Waals surface area contributed by atoms with Crippen molar-refractivity contribution in [2.75, 3.05) is 44.0 Å². The normalized spacial score (nSPS) is 10.4. The Labute approximate surface area is 185 Å². The molecule has 164 valence electrons. The third-order valence-corrected chi connectivity index (χ3v) is 3.91. The predicted molar refractivity (Wildman–Crippen MR) is 122 cm³/mol. The second-order valence-electron chi connectivity index (χ2n) is 6.29. The summed E-state index contributed by atoms with van der Waals surface area (Å²) >= 11 is 0. The van der Waals surface area contributed by atoms with Crippen LogP contribution in [0.25, 0.3) is 0 Å². The van der Waals surface area contributed by atoms with Gasteiger partial charge in [-0.1, -0.05) is 0 Å². The van der Waals surface area contributed by atoms with Gasteiger partial charge in [0.15, 0.2) is 11.5 Å². The van der Waals surface area contributed by atoms with E-state index < -0.39 is 0 Å². The van der Waals surface area contributed by atoms with Crippen molar-refractivity contribution in [3.05, 3.63) is 53.8 Å². The van der Waals surface area contributed by atoms with Gasteiger partial charge in [0.2, 0.25) is 17.8 Å². The molecule has 31 heavy (non-hydrogen) atoms. The Hall–Kier alpha value is -3.66. The number of methoxy groups -OCH3 is 2. The minimum atomic E-state index is -0.322. The SMILES string of the molecule is COc1ccc(C=NNc2nc(Nc3ccc(F)cc3)nc(N(C)C)n2)cc1OC.Cl. The van der Waals surface area contributed by atoms with Crippen molar-refractivity contribution in [2.45, 2.75) is 0 Å². The Bertz CT molecular complexity index is 1030. The first kappa shape index (κ1) is 23.6. The van der Waals surface area contributed by atoms with Crippen LogP contribution < -0.4 is 25.1 Å². The molecule has 0 unspecified atom stereocenters. The third-order valence-electron chi connectivity index (χ3n) is 3.91. The number of hydrogen-bond acceptors (Lipinski definition) is 9. The Morgan fingerprint density at radius 2 is 1.61 bits per heavy atom. The number of aromatic nitrogens is 3. The zero-order chi connectivity index (χ0) is 21.5. The standard InChI is InChI=1S/C20H22FN7O2.ClH/c1-28(2)20-25-18(23-15-8-6-14(21)7-9-15)24-19(26-20)27-22-12-13-5-10-16(29-3)17(11-13)30-4;/h5-12H,1-4H3,(H2,23,24,25,26,27);1H. The monoisotopic (exact) mass is 447 g/mol. The van der Waals surface area contributed by atoms with Crippen LogP contribution in [0.1, 0.15) is 5.56 Å². The van der Waals surface area contributed by atoms with Gasteiger partial charge in [-0.3, -0.25) is 0 Å². The Balaban J connectivity index is 0.00000341. The number of hydrogen-bond donors (Lipinski definition) is 2. The first-order valence-electron chi connectivity index (χ1n) is 8.95. The minimum Gasteiger partial charge on any atom is -0.493 e. The summed E-state index contributed by atoms with van der Waals surface area (Å²) in [6.45, 7) is 0. The summed E-state index contributed by atoms with van der Waals surface area (Å²) in [5.74, 6) is 1.88. The maximum absolute atomic E-state index is 13.1. The topological polar surface area (TPSA) is 96.8 Å². The molecule has 1 aromatic heterocycles. The highest BCUT2D eigenvalue weighted by atomic mass is 35.5. The van der Waals surface area contributed by atoms with Crippen LogP contribution >= 0.6 is 12.4 Å². The molecule has 1 heterocycles. The molecule has 11 heteroatoms. The van der Waals surface area contributed by atoms with Gasteiger partial charge in [-0.2, -0.15) is 20.1 Å². The second kappa shape index (κ2) is 10.9. The van der Waals surface area contributed by atoms with E-state index in [0.717, 1.165) is 5.56 Å². The molecule has 0 saturated heterocycles. The van der Waals surface area contributed by atoms with Crippen LogP contribution in [0, 0.1) is 5.82 Å². The molecule has 0 bridgehead atoms. The molecule has 3 aromatic rings. The summed E-state index contributed by atoms with van der Waals surface area (Å²) < 4.78 is 23.6. The average molecular weight is 448 g/mol. The summed E-state index contributed by atoms with van der Waals surface area (Å²) in [6, 6.07) is 11.3. The lowest BCUT2D eigenvalue weighted by molar-refractivity contribution is 0.355. The average Bonchev–Trinajstić information content (AvgIpc) is 2.75. The maximum Gasteiger partial charge on any atom is 0.250 e. The van der Waals surface area contributed by atoms with Crippen LogP contribution in [0.3, 0.4) is 0 Å². The fourth-order valence-corrected chi connectivity index (χ4v) is 2.43. The van der Waals surface area contributed by atoms with E-state index in [-0.39, 0.29) is 24.2 Å². The van der Waals surface area contributed by atoms with Crippen molar-refractivity contribution in [3.63, 3.8) is 0 Å². The largest absolute Gasteiger partial charge is 0.493 e. The molecule has 0 spiro atoms. The molecule has 0 aliphatic carbocycles. The number of nitrogens with one attached hydrogen (secondary N) is 2. The molecule has 0 fully saturated rings. The number of ether oxygens (including phenoxy) is 2. The van der Waals surface area contributed by atoms with E-state index in [1.165, 1.54) is 12.1 Å². The zero-order valence-electron chi connectivity index (χ0n) is 17.5. The van der Waals surface area contributed by atoms with E-state index >= 15 is 0 Å². The lowest BCUT2D eigenvalue weighted by Gasteiger charge is -2.13. The smallest absolute Gasteiger partial charge is 0.250 e. The Morgan fingerprint density at radius 3 is 2.26 bits per heavy atom. The third kappa shape index (κ3) is 6.41. The van der Waals surface area contributed by atoms with Gasteiger partial charge in [-0.25, -0.2) is 9.82 Å². The van der Waals surface area contributed by atoms with Crippen molar-refractivity contribution >= 4 is 42.2 Å². The quantitative estimate of drug-likeness (QED) is 0.398. The van der Waals surface area contributed by atoms with Gasteiger partial charge in [0.25, 0.3) is 0 Å². The number of rotatable bonds is 8. The predicted octanol–water partition coefficient (Wildman–Crippen LogP) is 3.71. The summed E-state index contributed by atoms with van der Waals surface area (Å²) in [6.07, 6.45) is 1.61. The fourth-order valence-electron chi connectivity index (χ4n) is 2.43. The molecule has 0 saturated carbocycles. The molecule has 3 rings (SSSR count). The van der Waals surface area contributed by atoms with Gasteiger partial charge >= 0.3 is 0 Å². The number of benzene rings is 2. The molecule has 0 amide bonds. The molecule has 2 N–H and O–H groups in total. The van der Waals surface area contributed by atoms with Crippen LogP contribution in [0.15, 0.2) is 47.6 Å². The van der Waals surface area contributed by atoms with E-state index in [9.17, 15) is 4.39 Å². The van der Waals surface area contributed by atoms with E-state index in [0.29, 0.717) is 29.1 Å². The second-order valence-corrected chi connectivity index (χ2v) is 6.29. The summed E-state index contributed by atoms with van der Waals surface area (Å²) in [7, 11) is 6.77. The van der Waals surface area contributed by atoms with E-state index in [1.54, 1.807) is 49.6 Å². The highest BCUT2D eigenvalue weighted by molar-refractivity contribution is 5.85. The van der Waals surface area contributed by atoms with Crippen molar-refractivity contribution < 1.29 is 13.9 Å². The number of anilines is 4. The zero-order valence-corrected chi connectivity index (χ0v) is 18.3. The van der Waals surface area contributed by atoms with Crippen molar-refractivity contribution in [2.24, 2.45) is 5.10 Å². The fraction of sp³-hybridized carbons (Fsp3) is 0.200. The van der Waals surface area contributed by atoms with Crippen LogP contribution in [0.2, 0.25) is 0 Å². The van der Waals surface area contributed by atoms with Crippen molar-refractivity contribution in [1.29, 1.82) is 0 Å². The number of hydrazone groups is 1. The maximum atomic E-state index is 13.1. The molecular weight excluding hydrogens is 425 g/mol. The number of nitrogens with zero attached hydrogens (tertiary/aromatic N) is 5. The Morgan fingerprint density at radius 1 is 0.935 bits per heavy atom. The van der Waals surface area contributed by atoms with Gasteiger partial charge in [-0.05, 0) is 48.0 Å².